The highest BCUT2D eigenvalue weighted by atomic mass is 35.5. The number of hydrogen-bond acceptors (Lipinski definition) is 3. The second-order valence-electron chi connectivity index (χ2n) is 5.71. The zero-order chi connectivity index (χ0) is 12.3. The Labute approximate surface area is 129 Å². The predicted molar refractivity (Wildman–Crippen MR) is 83.3 cm³/mol. The molecule has 2 heterocycles. The van der Waals surface area contributed by atoms with E-state index in [4.69, 9.17) is 0 Å². The van der Waals surface area contributed by atoms with Crippen molar-refractivity contribution in [2.24, 2.45) is 11.8 Å². The molecule has 1 atom stereocenters. The van der Waals surface area contributed by atoms with Crippen LogP contribution in [0.3, 0.4) is 0 Å². The number of carbonyl (C=O) groups excluding carboxylic acids is 1. The maximum Gasteiger partial charge on any atom is 0.227 e. The van der Waals surface area contributed by atoms with E-state index in [1.807, 2.05) is 0 Å². The molecule has 0 aliphatic carbocycles. The third-order valence-corrected chi connectivity index (χ3v) is 3.72. The van der Waals surface area contributed by atoms with Gasteiger partial charge < -0.3 is 10.2 Å². The van der Waals surface area contributed by atoms with Crippen molar-refractivity contribution in [2.45, 2.75) is 20.3 Å². The molecule has 0 radical (unpaired) electrons. The fourth-order valence-electron chi connectivity index (χ4n) is 2.79. The Morgan fingerprint density at radius 3 is 2.32 bits per heavy atom. The monoisotopic (exact) mass is 311 g/mol. The number of piperazine rings is 1. The summed E-state index contributed by atoms with van der Waals surface area (Å²) >= 11 is 0. The van der Waals surface area contributed by atoms with Gasteiger partial charge in [-0.3, -0.25) is 9.69 Å². The molecule has 0 bridgehead atoms. The Bertz CT molecular complexity index is 263. The first-order valence-corrected chi connectivity index (χ1v) is 6.88. The Hall–Kier alpha value is -0.0300. The second-order valence-corrected chi connectivity index (χ2v) is 5.71. The van der Waals surface area contributed by atoms with Gasteiger partial charge in [-0.05, 0) is 18.9 Å². The standard InChI is InChI=1S/C13H25N3O.2ClH/c1-11(2)10-15-5-7-16(8-6-15)13(17)12-3-4-14-9-12;;/h11-12,14H,3-10H2,1-2H3;2*1H. The van der Waals surface area contributed by atoms with Crippen molar-refractivity contribution in [1.29, 1.82) is 0 Å². The molecule has 2 fully saturated rings. The van der Waals surface area contributed by atoms with E-state index in [9.17, 15) is 4.79 Å². The lowest BCUT2D eigenvalue weighted by Gasteiger charge is -2.36. The van der Waals surface area contributed by atoms with Crippen molar-refractivity contribution in [1.82, 2.24) is 15.1 Å². The molecule has 0 saturated carbocycles. The van der Waals surface area contributed by atoms with Crippen LogP contribution in [-0.2, 0) is 4.79 Å². The van der Waals surface area contributed by atoms with E-state index in [0.717, 1.165) is 58.2 Å². The molecule has 1 N–H and O–H groups in total. The molecule has 2 rings (SSSR count). The maximum absolute atomic E-state index is 12.2. The molecule has 114 valence electrons. The predicted octanol–water partition coefficient (Wildman–Crippen LogP) is 1.24. The van der Waals surface area contributed by atoms with Crippen molar-refractivity contribution >= 4 is 30.7 Å². The first-order chi connectivity index (χ1) is 8.16. The van der Waals surface area contributed by atoms with E-state index in [1.165, 1.54) is 0 Å². The zero-order valence-electron chi connectivity index (χ0n) is 11.9. The summed E-state index contributed by atoms with van der Waals surface area (Å²) in [6.45, 7) is 11.5. The highest BCUT2D eigenvalue weighted by molar-refractivity contribution is 5.85. The molecular weight excluding hydrogens is 285 g/mol. The second kappa shape index (κ2) is 9.01. The molecule has 19 heavy (non-hydrogen) atoms. The minimum atomic E-state index is 0. The topological polar surface area (TPSA) is 35.6 Å². The van der Waals surface area contributed by atoms with Gasteiger partial charge in [-0.15, -0.1) is 24.8 Å². The fourth-order valence-corrected chi connectivity index (χ4v) is 2.79. The van der Waals surface area contributed by atoms with E-state index >= 15 is 0 Å². The van der Waals surface area contributed by atoms with Crippen LogP contribution in [0.1, 0.15) is 20.3 Å². The molecule has 0 aromatic rings. The number of carbonyl (C=O) groups is 1. The van der Waals surface area contributed by atoms with Gasteiger partial charge in [-0.1, -0.05) is 13.8 Å². The largest absolute Gasteiger partial charge is 0.340 e. The van der Waals surface area contributed by atoms with Crippen LogP contribution in [-0.4, -0.2) is 61.5 Å². The van der Waals surface area contributed by atoms with Gasteiger partial charge >= 0.3 is 0 Å². The van der Waals surface area contributed by atoms with Gasteiger partial charge in [0.1, 0.15) is 0 Å². The van der Waals surface area contributed by atoms with Crippen molar-refractivity contribution in [2.75, 3.05) is 45.8 Å². The number of hydrogen-bond donors (Lipinski definition) is 1. The van der Waals surface area contributed by atoms with Gasteiger partial charge in [0.05, 0.1) is 5.92 Å². The molecule has 4 nitrogen and oxygen atoms in total. The van der Waals surface area contributed by atoms with Crippen LogP contribution in [0.5, 0.6) is 0 Å². The van der Waals surface area contributed by atoms with E-state index in [0.29, 0.717) is 5.91 Å². The highest BCUT2D eigenvalue weighted by Gasteiger charge is 2.29. The van der Waals surface area contributed by atoms with Gasteiger partial charge in [-0.2, -0.15) is 0 Å². The van der Waals surface area contributed by atoms with Crippen molar-refractivity contribution in [3.05, 3.63) is 0 Å². The molecule has 1 amide bonds. The lowest BCUT2D eigenvalue weighted by molar-refractivity contribution is -0.136. The van der Waals surface area contributed by atoms with E-state index in [1.54, 1.807) is 0 Å². The molecule has 2 aliphatic rings. The summed E-state index contributed by atoms with van der Waals surface area (Å²) in [5.41, 5.74) is 0. The summed E-state index contributed by atoms with van der Waals surface area (Å²) < 4.78 is 0. The number of amides is 1. The normalized spacial score (nSPS) is 23.9. The van der Waals surface area contributed by atoms with Gasteiger partial charge in [-0.25, -0.2) is 0 Å². The van der Waals surface area contributed by atoms with Crippen molar-refractivity contribution in [3.8, 4) is 0 Å². The van der Waals surface area contributed by atoms with Crippen molar-refractivity contribution in [3.63, 3.8) is 0 Å². The Balaban J connectivity index is 0.00000162. The summed E-state index contributed by atoms with van der Waals surface area (Å²) in [7, 11) is 0. The third-order valence-electron chi connectivity index (χ3n) is 3.72. The molecule has 6 heteroatoms. The number of halogens is 2. The summed E-state index contributed by atoms with van der Waals surface area (Å²) in [5.74, 6) is 1.34. The SMILES string of the molecule is CC(C)CN1CCN(C(=O)C2CCNC2)CC1.Cl.Cl. The molecule has 2 saturated heterocycles. The molecule has 2 aliphatic heterocycles. The number of rotatable bonds is 3. The fraction of sp³-hybridized carbons (Fsp3) is 0.923. The van der Waals surface area contributed by atoms with E-state index < -0.39 is 0 Å². The maximum atomic E-state index is 12.2. The quantitative estimate of drug-likeness (QED) is 0.852. The minimum Gasteiger partial charge on any atom is -0.340 e. The Morgan fingerprint density at radius 2 is 1.84 bits per heavy atom. The van der Waals surface area contributed by atoms with Crippen LogP contribution in [0.4, 0.5) is 0 Å². The van der Waals surface area contributed by atoms with Crippen LogP contribution in [0.15, 0.2) is 0 Å². The average molecular weight is 312 g/mol. The smallest absolute Gasteiger partial charge is 0.227 e. The lowest BCUT2D eigenvalue weighted by Crippen LogP contribution is -2.51. The highest BCUT2D eigenvalue weighted by Crippen LogP contribution is 2.14. The van der Waals surface area contributed by atoms with Gasteiger partial charge in [0.2, 0.25) is 5.91 Å². The summed E-state index contributed by atoms with van der Waals surface area (Å²) in [6, 6.07) is 0. The van der Waals surface area contributed by atoms with Crippen LogP contribution >= 0.6 is 24.8 Å². The Morgan fingerprint density at radius 1 is 1.21 bits per heavy atom. The number of nitrogens with one attached hydrogen (secondary N) is 1. The van der Waals surface area contributed by atoms with Gasteiger partial charge in [0, 0.05) is 39.3 Å². The first kappa shape index (κ1) is 19.0. The molecule has 0 aromatic heterocycles. The molecule has 1 unspecified atom stereocenters. The minimum absolute atomic E-state index is 0. The molecule has 0 aromatic carbocycles. The van der Waals surface area contributed by atoms with Gasteiger partial charge in [0.15, 0.2) is 0 Å². The summed E-state index contributed by atoms with van der Waals surface area (Å²) in [6.07, 6.45) is 1.02. The number of nitrogens with zero attached hydrogens (tertiary/aromatic N) is 2. The summed E-state index contributed by atoms with van der Waals surface area (Å²) in [4.78, 5) is 16.7. The summed E-state index contributed by atoms with van der Waals surface area (Å²) in [5, 5.41) is 3.27. The third kappa shape index (κ3) is 5.46. The van der Waals surface area contributed by atoms with Crippen LogP contribution in [0.25, 0.3) is 0 Å². The molecule has 0 spiro atoms. The van der Waals surface area contributed by atoms with E-state index in [2.05, 4.69) is 29.0 Å². The van der Waals surface area contributed by atoms with Crippen molar-refractivity contribution < 1.29 is 4.79 Å². The molecular formula is C13H27Cl2N3O. The zero-order valence-corrected chi connectivity index (χ0v) is 13.6. The first-order valence-electron chi connectivity index (χ1n) is 6.88. The Kier molecular flexibility index (Phi) is 8.99. The lowest BCUT2D eigenvalue weighted by atomic mass is 10.1. The van der Waals surface area contributed by atoms with Crippen LogP contribution in [0.2, 0.25) is 0 Å². The van der Waals surface area contributed by atoms with E-state index in [-0.39, 0.29) is 30.7 Å². The van der Waals surface area contributed by atoms with Crippen LogP contribution in [0, 0.1) is 11.8 Å². The average Bonchev–Trinajstić information content (AvgIpc) is 2.82. The van der Waals surface area contributed by atoms with Gasteiger partial charge in [0.25, 0.3) is 0 Å². The van der Waals surface area contributed by atoms with Crippen LogP contribution < -0.4 is 5.32 Å².